The zero-order chi connectivity index (χ0) is 23.5. The van der Waals surface area contributed by atoms with E-state index in [2.05, 4.69) is 27.1 Å². The van der Waals surface area contributed by atoms with Gasteiger partial charge in [-0.05, 0) is 37.8 Å². The van der Waals surface area contributed by atoms with Gasteiger partial charge in [-0.3, -0.25) is 9.48 Å². The fourth-order valence-electron chi connectivity index (χ4n) is 3.45. The Hall–Kier alpha value is -3.43. The second-order valence-corrected chi connectivity index (χ2v) is 8.26. The number of allylic oxidation sites excluding steroid dienone is 5. The summed E-state index contributed by atoms with van der Waals surface area (Å²) in [6, 6.07) is 1.73. The summed E-state index contributed by atoms with van der Waals surface area (Å²) >= 11 is 6.23. The Kier molecular flexibility index (Phi) is 6.62. The van der Waals surface area contributed by atoms with Crippen LogP contribution < -0.4 is 5.32 Å². The molecule has 2 N–H and O–H groups in total. The predicted molar refractivity (Wildman–Crippen MR) is 126 cm³/mol. The molecule has 0 aliphatic heterocycles. The first-order chi connectivity index (χ1) is 15.9. The normalized spacial score (nSPS) is 15.8. The molecule has 3 aromatic heterocycles. The number of carbonyl (C=O) groups is 1. The van der Waals surface area contributed by atoms with E-state index in [0.717, 1.165) is 12.8 Å². The van der Waals surface area contributed by atoms with Crippen LogP contribution in [0.2, 0.25) is 0 Å². The van der Waals surface area contributed by atoms with Crippen molar-refractivity contribution in [1.29, 1.82) is 0 Å². The van der Waals surface area contributed by atoms with Crippen molar-refractivity contribution < 1.29 is 14.6 Å². The summed E-state index contributed by atoms with van der Waals surface area (Å²) in [6.45, 7) is 5.77. The van der Waals surface area contributed by atoms with E-state index < -0.39 is 6.10 Å². The van der Waals surface area contributed by atoms with Gasteiger partial charge in [-0.1, -0.05) is 24.3 Å². The SMILES string of the molecule is C=C/C(Cl)=C\C(=C(/C)OC)c1nn(C[C@@H](O)C2CC2)cc1NC(=O)c1cnn2cccnc12. The van der Waals surface area contributed by atoms with Gasteiger partial charge in [0, 0.05) is 29.2 Å². The van der Waals surface area contributed by atoms with Crippen LogP contribution in [0.25, 0.3) is 11.2 Å². The summed E-state index contributed by atoms with van der Waals surface area (Å²) in [6.07, 6.45) is 11.1. The van der Waals surface area contributed by atoms with Crippen LogP contribution in [-0.2, 0) is 11.3 Å². The van der Waals surface area contributed by atoms with Crippen LogP contribution in [0.3, 0.4) is 0 Å². The molecular formula is C23H25ClN6O3. The number of methoxy groups -OCH3 is 1. The van der Waals surface area contributed by atoms with Crippen LogP contribution in [0.4, 0.5) is 5.69 Å². The zero-order valence-corrected chi connectivity index (χ0v) is 19.2. The Morgan fingerprint density at radius 3 is 2.97 bits per heavy atom. The molecule has 0 aromatic carbocycles. The lowest BCUT2D eigenvalue weighted by Gasteiger charge is -2.09. The van der Waals surface area contributed by atoms with Gasteiger partial charge in [0.2, 0.25) is 0 Å². The van der Waals surface area contributed by atoms with Crippen molar-refractivity contribution in [1.82, 2.24) is 24.4 Å². The number of ether oxygens (including phenoxy) is 1. The summed E-state index contributed by atoms with van der Waals surface area (Å²) in [7, 11) is 1.54. The highest BCUT2D eigenvalue weighted by atomic mass is 35.5. The van der Waals surface area contributed by atoms with E-state index in [0.29, 0.717) is 45.5 Å². The molecule has 0 bridgehead atoms. The van der Waals surface area contributed by atoms with Gasteiger partial charge in [0.25, 0.3) is 5.91 Å². The van der Waals surface area contributed by atoms with Gasteiger partial charge in [0.1, 0.15) is 17.0 Å². The van der Waals surface area contributed by atoms with Crippen molar-refractivity contribution in [2.45, 2.75) is 32.4 Å². The molecule has 0 spiro atoms. The van der Waals surface area contributed by atoms with E-state index in [-0.39, 0.29) is 11.8 Å². The Bertz CT molecular complexity index is 1250. The number of aliphatic hydroxyl groups excluding tert-OH is 1. The number of nitrogens with zero attached hydrogens (tertiary/aromatic N) is 5. The lowest BCUT2D eigenvalue weighted by atomic mass is 10.1. The maximum atomic E-state index is 13.1. The topological polar surface area (TPSA) is 107 Å². The number of aromatic nitrogens is 5. The van der Waals surface area contributed by atoms with Crippen LogP contribution in [0.5, 0.6) is 0 Å². The molecule has 1 fully saturated rings. The van der Waals surface area contributed by atoms with Gasteiger partial charge in [-0.2, -0.15) is 10.2 Å². The number of carbonyl (C=O) groups excluding carboxylic acids is 1. The van der Waals surface area contributed by atoms with Crippen LogP contribution in [0.15, 0.2) is 60.4 Å². The summed E-state index contributed by atoms with van der Waals surface area (Å²) in [5.41, 5.74) is 2.23. The molecule has 0 radical (unpaired) electrons. The number of hydrogen-bond acceptors (Lipinski definition) is 6. The van der Waals surface area contributed by atoms with E-state index in [1.54, 1.807) is 49.4 Å². The molecule has 1 amide bonds. The maximum absolute atomic E-state index is 13.1. The molecular weight excluding hydrogens is 444 g/mol. The molecule has 9 nitrogen and oxygen atoms in total. The number of anilines is 1. The first-order valence-electron chi connectivity index (χ1n) is 10.5. The Morgan fingerprint density at radius 1 is 1.48 bits per heavy atom. The molecule has 1 aliphatic rings. The van der Waals surface area contributed by atoms with Crippen molar-refractivity contribution in [3.8, 4) is 0 Å². The Balaban J connectivity index is 1.74. The monoisotopic (exact) mass is 468 g/mol. The van der Waals surface area contributed by atoms with Crippen molar-refractivity contribution in [2.24, 2.45) is 5.92 Å². The molecule has 1 atom stereocenters. The Labute approximate surface area is 196 Å². The lowest BCUT2D eigenvalue weighted by Crippen LogP contribution is -2.18. The zero-order valence-electron chi connectivity index (χ0n) is 18.4. The van der Waals surface area contributed by atoms with Gasteiger partial charge in [-0.25, -0.2) is 9.50 Å². The first-order valence-corrected chi connectivity index (χ1v) is 10.9. The van der Waals surface area contributed by atoms with Crippen LogP contribution in [-0.4, -0.2) is 48.6 Å². The molecule has 33 heavy (non-hydrogen) atoms. The fraction of sp³-hybridized carbons (Fsp3) is 0.304. The Morgan fingerprint density at radius 2 is 2.27 bits per heavy atom. The summed E-state index contributed by atoms with van der Waals surface area (Å²) in [4.78, 5) is 17.4. The summed E-state index contributed by atoms with van der Waals surface area (Å²) in [5.74, 6) is 0.447. The third-order valence-electron chi connectivity index (χ3n) is 5.49. The van der Waals surface area contributed by atoms with Gasteiger partial charge in [0.15, 0.2) is 5.65 Å². The third-order valence-corrected chi connectivity index (χ3v) is 5.76. The maximum Gasteiger partial charge on any atom is 0.261 e. The van der Waals surface area contributed by atoms with Gasteiger partial charge >= 0.3 is 0 Å². The molecule has 1 saturated carbocycles. The van der Waals surface area contributed by atoms with Crippen molar-refractivity contribution in [3.63, 3.8) is 0 Å². The number of fused-ring (bicyclic) bond motifs is 1. The van der Waals surface area contributed by atoms with E-state index >= 15 is 0 Å². The minimum atomic E-state index is -0.506. The highest BCUT2D eigenvalue weighted by Crippen LogP contribution is 2.34. The average Bonchev–Trinajstić information content (AvgIpc) is 3.48. The largest absolute Gasteiger partial charge is 0.501 e. The molecule has 0 unspecified atom stereocenters. The smallest absolute Gasteiger partial charge is 0.261 e. The first kappa shape index (κ1) is 22.8. The van der Waals surface area contributed by atoms with Gasteiger partial charge in [0.05, 0.1) is 31.6 Å². The second-order valence-electron chi connectivity index (χ2n) is 7.83. The van der Waals surface area contributed by atoms with Gasteiger partial charge in [-0.15, -0.1) is 0 Å². The van der Waals surface area contributed by atoms with E-state index in [4.69, 9.17) is 16.3 Å². The standard InChI is InChI=1S/C23H25ClN6O3/c1-4-16(24)10-17(14(2)33-3)21-19(12-29(28-21)13-20(31)15-6-7-15)27-23(32)18-11-26-30-9-5-8-25-22(18)30/h4-5,8-12,15,20,31H,1,6-7,13H2,2-3H3,(H,27,32)/b16-10+,17-14-/t20-/m1/s1. The highest BCUT2D eigenvalue weighted by Gasteiger charge is 2.30. The van der Waals surface area contributed by atoms with Crippen molar-refractivity contribution in [2.75, 3.05) is 12.4 Å². The second kappa shape index (κ2) is 9.60. The number of nitrogens with one attached hydrogen (secondary N) is 1. The highest BCUT2D eigenvalue weighted by molar-refractivity contribution is 6.31. The van der Waals surface area contributed by atoms with Gasteiger partial charge < -0.3 is 15.2 Å². The third kappa shape index (κ3) is 4.99. The molecule has 3 aromatic rings. The van der Waals surface area contributed by atoms with Crippen LogP contribution >= 0.6 is 11.6 Å². The average molecular weight is 469 g/mol. The molecule has 172 valence electrons. The quantitative estimate of drug-likeness (QED) is 0.367. The van der Waals surface area contributed by atoms with E-state index in [1.807, 2.05) is 0 Å². The van der Waals surface area contributed by atoms with Crippen molar-refractivity contribution in [3.05, 3.63) is 71.6 Å². The fourth-order valence-corrected chi connectivity index (χ4v) is 3.56. The van der Waals surface area contributed by atoms with Crippen LogP contribution in [0, 0.1) is 5.92 Å². The molecule has 3 heterocycles. The molecule has 10 heteroatoms. The number of rotatable bonds is 9. The molecule has 1 aliphatic carbocycles. The summed E-state index contributed by atoms with van der Waals surface area (Å²) < 4.78 is 8.60. The van der Waals surface area contributed by atoms with E-state index in [1.165, 1.54) is 16.8 Å². The predicted octanol–water partition coefficient (Wildman–Crippen LogP) is 3.64. The van der Waals surface area contributed by atoms with E-state index in [9.17, 15) is 9.90 Å². The van der Waals surface area contributed by atoms with Crippen molar-refractivity contribution >= 4 is 34.4 Å². The lowest BCUT2D eigenvalue weighted by molar-refractivity contribution is 0.102. The number of halogens is 1. The minimum absolute atomic E-state index is 0.284. The number of aliphatic hydroxyl groups is 1. The van der Waals surface area contributed by atoms with Crippen LogP contribution in [0.1, 0.15) is 35.8 Å². The molecule has 0 saturated heterocycles. The number of amides is 1. The number of hydrogen-bond donors (Lipinski definition) is 2. The minimum Gasteiger partial charge on any atom is -0.501 e. The summed E-state index contributed by atoms with van der Waals surface area (Å²) in [5, 5.41) is 22.5. The molecule has 4 rings (SSSR count).